The number of carbonyl (C=O) groups excluding carboxylic acids is 1. The molecule has 0 fully saturated rings. The van der Waals surface area contributed by atoms with E-state index in [0.29, 0.717) is 25.9 Å². The number of ether oxygens (including phenoxy) is 1. The molecule has 0 aliphatic carbocycles. The standard InChI is InChI=1S/C18H27FO2/c1-3-5-11-16(14-17(19)4-2)18(20)21-13-12-15-9-7-6-8-10-15/h6-10,16-17H,3-5,11-14H2,1-2H3. The van der Waals surface area contributed by atoms with E-state index in [1.54, 1.807) is 0 Å². The van der Waals surface area contributed by atoms with E-state index in [9.17, 15) is 9.18 Å². The van der Waals surface area contributed by atoms with E-state index in [0.717, 1.165) is 24.8 Å². The summed E-state index contributed by atoms with van der Waals surface area (Å²) in [5.41, 5.74) is 1.15. The molecule has 0 saturated carbocycles. The van der Waals surface area contributed by atoms with Crippen molar-refractivity contribution >= 4 is 5.97 Å². The first-order valence-corrected chi connectivity index (χ1v) is 8.02. The van der Waals surface area contributed by atoms with E-state index >= 15 is 0 Å². The average molecular weight is 294 g/mol. The van der Waals surface area contributed by atoms with Gasteiger partial charge in [-0.25, -0.2) is 4.39 Å². The first-order chi connectivity index (χ1) is 10.2. The molecule has 2 atom stereocenters. The minimum Gasteiger partial charge on any atom is -0.465 e. The molecule has 0 amide bonds. The van der Waals surface area contributed by atoms with Crippen LogP contribution < -0.4 is 0 Å². The van der Waals surface area contributed by atoms with Gasteiger partial charge >= 0.3 is 5.97 Å². The van der Waals surface area contributed by atoms with Crippen LogP contribution in [0.3, 0.4) is 0 Å². The zero-order valence-corrected chi connectivity index (χ0v) is 13.2. The zero-order valence-electron chi connectivity index (χ0n) is 13.2. The minimum atomic E-state index is -0.909. The third-order valence-electron chi connectivity index (χ3n) is 3.70. The van der Waals surface area contributed by atoms with Crippen LogP contribution in [0.4, 0.5) is 4.39 Å². The van der Waals surface area contributed by atoms with Crippen LogP contribution in [-0.4, -0.2) is 18.7 Å². The second-order valence-corrected chi connectivity index (χ2v) is 5.48. The Kier molecular flexibility index (Phi) is 8.72. The molecule has 0 aliphatic rings. The second-order valence-electron chi connectivity index (χ2n) is 5.48. The van der Waals surface area contributed by atoms with Crippen LogP contribution >= 0.6 is 0 Å². The Bertz CT molecular complexity index is 391. The maximum atomic E-state index is 13.5. The van der Waals surface area contributed by atoms with E-state index in [1.165, 1.54) is 0 Å². The third-order valence-corrected chi connectivity index (χ3v) is 3.70. The number of carbonyl (C=O) groups is 1. The van der Waals surface area contributed by atoms with Crippen molar-refractivity contribution in [3.8, 4) is 0 Å². The summed E-state index contributed by atoms with van der Waals surface area (Å²) in [5, 5.41) is 0. The number of alkyl halides is 1. The van der Waals surface area contributed by atoms with E-state index in [4.69, 9.17) is 4.74 Å². The molecular weight excluding hydrogens is 267 g/mol. The Hall–Kier alpha value is -1.38. The number of rotatable bonds is 10. The molecule has 0 saturated heterocycles. The van der Waals surface area contributed by atoms with Gasteiger partial charge in [0.15, 0.2) is 0 Å². The van der Waals surface area contributed by atoms with Crippen molar-refractivity contribution in [2.75, 3.05) is 6.61 Å². The highest BCUT2D eigenvalue weighted by Gasteiger charge is 2.23. The van der Waals surface area contributed by atoms with Gasteiger partial charge in [0.05, 0.1) is 12.5 Å². The average Bonchev–Trinajstić information content (AvgIpc) is 2.52. The van der Waals surface area contributed by atoms with Gasteiger partial charge in [0.1, 0.15) is 6.17 Å². The Morgan fingerprint density at radius 2 is 1.95 bits per heavy atom. The molecular formula is C18H27FO2. The number of hydrogen-bond acceptors (Lipinski definition) is 2. The molecule has 118 valence electrons. The number of esters is 1. The summed E-state index contributed by atoms with van der Waals surface area (Å²) >= 11 is 0. The van der Waals surface area contributed by atoms with Gasteiger partial charge in [-0.1, -0.05) is 57.0 Å². The van der Waals surface area contributed by atoms with Crippen molar-refractivity contribution < 1.29 is 13.9 Å². The van der Waals surface area contributed by atoms with Crippen molar-refractivity contribution in [3.63, 3.8) is 0 Å². The molecule has 0 spiro atoms. The molecule has 1 aromatic rings. The molecule has 0 bridgehead atoms. The number of hydrogen-bond donors (Lipinski definition) is 0. The van der Waals surface area contributed by atoms with E-state index < -0.39 is 6.17 Å². The lowest BCUT2D eigenvalue weighted by Crippen LogP contribution is -2.22. The van der Waals surface area contributed by atoms with Crippen LogP contribution in [0.2, 0.25) is 0 Å². The third kappa shape index (κ3) is 7.26. The van der Waals surface area contributed by atoms with E-state index in [1.807, 2.05) is 37.3 Å². The fourth-order valence-corrected chi connectivity index (χ4v) is 2.29. The molecule has 21 heavy (non-hydrogen) atoms. The molecule has 1 rings (SSSR count). The van der Waals surface area contributed by atoms with Crippen molar-refractivity contribution in [1.29, 1.82) is 0 Å². The van der Waals surface area contributed by atoms with Gasteiger partial charge in [-0.15, -0.1) is 0 Å². The predicted octanol–water partition coefficient (Wildman–Crippen LogP) is 4.72. The largest absolute Gasteiger partial charge is 0.465 e. The maximum absolute atomic E-state index is 13.5. The van der Waals surface area contributed by atoms with Crippen LogP contribution in [0.1, 0.15) is 51.5 Å². The number of benzene rings is 1. The van der Waals surface area contributed by atoms with Crippen LogP contribution in [0.25, 0.3) is 0 Å². The van der Waals surface area contributed by atoms with Gasteiger partial charge in [0.2, 0.25) is 0 Å². The molecule has 2 nitrogen and oxygen atoms in total. The second kappa shape index (κ2) is 10.4. The van der Waals surface area contributed by atoms with Gasteiger partial charge < -0.3 is 4.74 Å². The number of halogens is 1. The molecule has 1 aromatic carbocycles. The van der Waals surface area contributed by atoms with Gasteiger partial charge in [-0.05, 0) is 24.8 Å². The topological polar surface area (TPSA) is 26.3 Å². The summed E-state index contributed by atoms with van der Waals surface area (Å²) in [4.78, 5) is 12.1. The highest BCUT2D eigenvalue weighted by Crippen LogP contribution is 2.20. The Morgan fingerprint density at radius 1 is 1.24 bits per heavy atom. The smallest absolute Gasteiger partial charge is 0.309 e. The minimum absolute atomic E-state index is 0.240. The monoisotopic (exact) mass is 294 g/mol. The Morgan fingerprint density at radius 3 is 2.57 bits per heavy atom. The van der Waals surface area contributed by atoms with Crippen LogP contribution in [-0.2, 0) is 16.0 Å². The number of unbranched alkanes of at least 4 members (excludes halogenated alkanes) is 1. The summed E-state index contributed by atoms with van der Waals surface area (Å²) in [6.45, 7) is 4.25. The molecule has 0 aliphatic heterocycles. The Balaban J connectivity index is 2.40. The summed E-state index contributed by atoms with van der Waals surface area (Å²) in [5.74, 6) is -0.536. The SMILES string of the molecule is CCCCC(CC(F)CC)C(=O)OCCc1ccccc1. The highest BCUT2D eigenvalue weighted by molar-refractivity contribution is 5.72. The van der Waals surface area contributed by atoms with E-state index in [-0.39, 0.29) is 11.9 Å². The molecule has 0 aromatic heterocycles. The van der Waals surface area contributed by atoms with Gasteiger partial charge in [0, 0.05) is 6.42 Å². The summed E-state index contributed by atoms with van der Waals surface area (Å²) in [7, 11) is 0. The van der Waals surface area contributed by atoms with Gasteiger partial charge in [0.25, 0.3) is 0 Å². The maximum Gasteiger partial charge on any atom is 0.309 e. The molecule has 0 heterocycles. The van der Waals surface area contributed by atoms with Crippen LogP contribution in [0.5, 0.6) is 0 Å². The van der Waals surface area contributed by atoms with Crippen molar-refractivity contribution in [1.82, 2.24) is 0 Å². The Labute approximate surface area is 127 Å². The summed E-state index contributed by atoms with van der Waals surface area (Å²) in [6.07, 6.45) is 3.22. The highest BCUT2D eigenvalue weighted by atomic mass is 19.1. The first-order valence-electron chi connectivity index (χ1n) is 8.02. The normalized spacial score (nSPS) is 13.7. The summed E-state index contributed by atoms with van der Waals surface area (Å²) < 4.78 is 18.9. The van der Waals surface area contributed by atoms with Crippen molar-refractivity contribution in [3.05, 3.63) is 35.9 Å². The van der Waals surface area contributed by atoms with Gasteiger partial charge in [-0.2, -0.15) is 0 Å². The van der Waals surface area contributed by atoms with Crippen LogP contribution in [0.15, 0.2) is 30.3 Å². The first kappa shape index (κ1) is 17.7. The molecule has 3 heteroatoms. The van der Waals surface area contributed by atoms with E-state index in [2.05, 4.69) is 6.92 Å². The summed E-state index contributed by atoms with van der Waals surface area (Å²) in [6, 6.07) is 9.92. The fraction of sp³-hybridized carbons (Fsp3) is 0.611. The zero-order chi connectivity index (χ0) is 15.5. The lowest BCUT2D eigenvalue weighted by atomic mass is 9.95. The van der Waals surface area contributed by atoms with Crippen LogP contribution in [0, 0.1) is 5.92 Å². The lowest BCUT2D eigenvalue weighted by molar-refractivity contribution is -0.149. The van der Waals surface area contributed by atoms with Gasteiger partial charge in [-0.3, -0.25) is 4.79 Å². The van der Waals surface area contributed by atoms with Crippen molar-refractivity contribution in [2.45, 2.75) is 58.5 Å². The lowest BCUT2D eigenvalue weighted by Gasteiger charge is -2.17. The fourth-order valence-electron chi connectivity index (χ4n) is 2.29. The quantitative estimate of drug-likeness (QED) is 0.584. The van der Waals surface area contributed by atoms with Crippen molar-refractivity contribution in [2.24, 2.45) is 5.92 Å². The molecule has 2 unspecified atom stereocenters. The predicted molar refractivity (Wildman–Crippen MR) is 83.9 cm³/mol. The molecule has 0 N–H and O–H groups in total. The molecule has 0 radical (unpaired) electrons.